The molecular formula is C50H54Br3N3O4S2. The van der Waals surface area contributed by atoms with Gasteiger partial charge in [0.2, 0.25) is 0 Å². The summed E-state index contributed by atoms with van der Waals surface area (Å²) >= 11 is 14.0. The van der Waals surface area contributed by atoms with Crippen molar-refractivity contribution in [3.63, 3.8) is 0 Å². The zero-order valence-electron chi connectivity index (χ0n) is 36.0. The lowest BCUT2D eigenvalue weighted by Crippen LogP contribution is -2.68. The van der Waals surface area contributed by atoms with Gasteiger partial charge in [0.1, 0.15) is 17.5 Å². The molecule has 0 bridgehead atoms. The monoisotopic (exact) mass is 1060 g/mol. The molecule has 7 nitrogen and oxygen atoms in total. The standard InChI is InChI=1S/C50H54Br3N3O4S2/c1-34(47(7,57)35-11-8-26-54-29-35)48(62-43-24-18-40(53)19-25-43,32-49(58,36-12-9-27-55-30-36)46(5,6)33-61-42-22-16-39(52)17-23-42)44(60-41-20-14-38(51)15-21-41)50(59,45(2,3)4)37-13-10-28-56-31-37/h8-31,34,44,57-59H,32-33H2,1-7H3. The lowest BCUT2D eigenvalue weighted by atomic mass is 9.57. The molecule has 0 fully saturated rings. The summed E-state index contributed by atoms with van der Waals surface area (Å²) in [4.78, 5) is 15.5. The molecule has 6 unspecified atom stereocenters. The van der Waals surface area contributed by atoms with Gasteiger partial charge in [-0.05, 0) is 103 Å². The molecule has 0 spiro atoms. The Labute approximate surface area is 400 Å². The van der Waals surface area contributed by atoms with Crippen molar-refractivity contribution in [2.75, 3.05) is 5.75 Å². The molecule has 3 aromatic carbocycles. The van der Waals surface area contributed by atoms with Crippen molar-refractivity contribution >= 4 is 71.3 Å². The highest BCUT2D eigenvalue weighted by molar-refractivity contribution is 9.11. The summed E-state index contributed by atoms with van der Waals surface area (Å²) in [6, 6.07) is 34.8. The third-order valence-corrected chi connectivity index (χ3v) is 16.9. The van der Waals surface area contributed by atoms with Crippen LogP contribution in [0.3, 0.4) is 0 Å². The number of aromatic nitrogens is 3. The fourth-order valence-corrected chi connectivity index (χ4v) is 11.8. The quantitative estimate of drug-likeness (QED) is 0.0770. The molecule has 0 aliphatic carbocycles. The maximum Gasteiger partial charge on any atom is 0.147 e. The number of pyridine rings is 3. The van der Waals surface area contributed by atoms with Gasteiger partial charge in [0.15, 0.2) is 0 Å². The van der Waals surface area contributed by atoms with Crippen LogP contribution in [0.25, 0.3) is 0 Å². The van der Waals surface area contributed by atoms with Crippen molar-refractivity contribution < 1.29 is 20.1 Å². The van der Waals surface area contributed by atoms with Crippen LogP contribution < -0.4 is 4.74 Å². The average Bonchev–Trinajstić information content (AvgIpc) is 3.26. The lowest BCUT2D eigenvalue weighted by Gasteiger charge is -2.59. The number of benzene rings is 3. The summed E-state index contributed by atoms with van der Waals surface area (Å²) in [5, 5.41) is 41.8. The molecular weight excluding hydrogens is 1010 g/mol. The normalized spacial score (nSPS) is 17.1. The van der Waals surface area contributed by atoms with Crippen molar-refractivity contribution in [1.82, 2.24) is 15.0 Å². The third kappa shape index (κ3) is 10.2. The molecule has 0 radical (unpaired) electrons. The maximum absolute atomic E-state index is 14.2. The van der Waals surface area contributed by atoms with Crippen LogP contribution >= 0.6 is 71.3 Å². The Morgan fingerprint density at radius 1 is 0.597 bits per heavy atom. The Kier molecular flexibility index (Phi) is 15.3. The van der Waals surface area contributed by atoms with Crippen LogP contribution in [-0.2, 0) is 16.8 Å². The van der Waals surface area contributed by atoms with Crippen molar-refractivity contribution in [1.29, 1.82) is 0 Å². The largest absolute Gasteiger partial charge is 0.486 e. The number of hydrogen-bond acceptors (Lipinski definition) is 9. The minimum absolute atomic E-state index is 0.0300. The molecule has 6 rings (SSSR count). The highest BCUT2D eigenvalue weighted by atomic mass is 79.9. The molecule has 0 aliphatic rings. The first-order valence-corrected chi connectivity index (χ1v) is 24.5. The first-order valence-electron chi connectivity index (χ1n) is 20.4. The van der Waals surface area contributed by atoms with Crippen LogP contribution in [0.2, 0.25) is 0 Å². The Morgan fingerprint density at radius 2 is 1.05 bits per heavy atom. The van der Waals surface area contributed by atoms with E-state index in [0.29, 0.717) is 28.2 Å². The van der Waals surface area contributed by atoms with Gasteiger partial charge < -0.3 is 20.1 Å². The maximum atomic E-state index is 14.2. The van der Waals surface area contributed by atoms with E-state index in [0.717, 1.165) is 23.2 Å². The fourth-order valence-electron chi connectivity index (χ4n) is 8.17. The van der Waals surface area contributed by atoms with Gasteiger partial charge in [0.25, 0.3) is 0 Å². The summed E-state index contributed by atoms with van der Waals surface area (Å²) < 4.78 is 8.78. The van der Waals surface area contributed by atoms with E-state index in [1.54, 1.807) is 55.9 Å². The third-order valence-electron chi connectivity index (χ3n) is 12.3. The summed E-state index contributed by atoms with van der Waals surface area (Å²) in [6.07, 6.45) is 8.93. The molecule has 3 N–H and O–H groups in total. The van der Waals surface area contributed by atoms with Gasteiger partial charge in [-0.2, -0.15) is 0 Å². The number of hydrogen-bond donors (Lipinski definition) is 3. The molecule has 6 atom stereocenters. The minimum atomic E-state index is -1.83. The number of thioether (sulfide) groups is 2. The number of nitrogens with zero attached hydrogens (tertiary/aromatic N) is 3. The van der Waals surface area contributed by atoms with Gasteiger partial charge in [-0.1, -0.05) is 108 Å². The predicted octanol–water partition coefficient (Wildman–Crippen LogP) is 13.0. The van der Waals surface area contributed by atoms with Crippen LogP contribution in [-0.4, -0.2) is 46.9 Å². The van der Waals surface area contributed by atoms with Crippen LogP contribution in [0.4, 0.5) is 0 Å². The van der Waals surface area contributed by atoms with Crippen molar-refractivity contribution in [2.24, 2.45) is 16.7 Å². The van der Waals surface area contributed by atoms with Crippen LogP contribution in [0.15, 0.2) is 170 Å². The van der Waals surface area contributed by atoms with Crippen molar-refractivity contribution in [3.05, 3.63) is 176 Å². The summed E-state index contributed by atoms with van der Waals surface area (Å²) in [7, 11) is 0. The van der Waals surface area contributed by atoms with E-state index in [1.165, 1.54) is 11.8 Å². The molecule has 326 valence electrons. The van der Waals surface area contributed by atoms with Crippen LogP contribution in [0.5, 0.6) is 5.75 Å². The second-order valence-electron chi connectivity index (χ2n) is 17.7. The molecule has 0 aliphatic heterocycles. The zero-order valence-corrected chi connectivity index (χ0v) is 42.4. The van der Waals surface area contributed by atoms with Gasteiger partial charge in [-0.3, -0.25) is 15.0 Å². The Balaban J connectivity index is 1.75. The van der Waals surface area contributed by atoms with Gasteiger partial charge in [-0.25, -0.2) is 0 Å². The SMILES string of the molecule is CC(C(C)(O)c1cccnc1)C(CC(O)(c1cccnc1)C(C)(C)CSc1ccc(Br)cc1)(Sc1ccc(Br)cc1)C(Oc1ccc(Br)cc1)C(O)(c1cccnc1)C(C)(C)C. The second kappa shape index (κ2) is 19.6. The van der Waals surface area contributed by atoms with E-state index < -0.39 is 44.4 Å². The summed E-state index contributed by atoms with van der Waals surface area (Å²) in [6.45, 7) is 13.9. The van der Waals surface area contributed by atoms with Gasteiger partial charge >= 0.3 is 0 Å². The smallest absolute Gasteiger partial charge is 0.147 e. The summed E-state index contributed by atoms with van der Waals surface area (Å²) in [5.74, 6) is 0.197. The number of ether oxygens (including phenoxy) is 1. The topological polar surface area (TPSA) is 109 Å². The first kappa shape index (κ1) is 48.4. The lowest BCUT2D eigenvalue weighted by molar-refractivity contribution is -0.183. The Bertz CT molecular complexity index is 2360. The van der Waals surface area contributed by atoms with E-state index in [1.807, 2.05) is 125 Å². The Hall–Kier alpha value is -3.07. The number of aliphatic hydroxyl groups is 3. The van der Waals surface area contributed by atoms with Gasteiger partial charge in [0, 0.05) is 101 Å². The minimum Gasteiger partial charge on any atom is -0.486 e. The van der Waals surface area contributed by atoms with E-state index in [2.05, 4.69) is 88.7 Å². The molecule has 6 aromatic rings. The van der Waals surface area contributed by atoms with Crippen molar-refractivity contribution in [3.8, 4) is 5.75 Å². The Morgan fingerprint density at radius 3 is 1.52 bits per heavy atom. The summed E-state index contributed by atoms with van der Waals surface area (Å²) in [5.41, 5.74) is -5.24. The zero-order chi connectivity index (χ0) is 45.0. The van der Waals surface area contributed by atoms with Crippen LogP contribution in [0, 0.1) is 16.7 Å². The van der Waals surface area contributed by atoms with Crippen LogP contribution in [0.1, 0.15) is 71.6 Å². The molecule has 12 heteroatoms. The van der Waals surface area contributed by atoms with E-state index >= 15 is 0 Å². The molecule has 0 saturated carbocycles. The van der Waals surface area contributed by atoms with E-state index in [9.17, 15) is 15.3 Å². The van der Waals surface area contributed by atoms with E-state index in [-0.39, 0.29) is 6.42 Å². The molecule has 0 saturated heterocycles. The number of halogens is 3. The van der Waals surface area contributed by atoms with Gasteiger partial charge in [-0.15, -0.1) is 23.5 Å². The number of rotatable bonds is 17. The second-order valence-corrected chi connectivity index (χ2v) is 23.0. The highest BCUT2D eigenvalue weighted by Gasteiger charge is 2.66. The molecule has 0 amide bonds. The van der Waals surface area contributed by atoms with Crippen molar-refractivity contribution in [2.45, 2.75) is 92.3 Å². The van der Waals surface area contributed by atoms with E-state index in [4.69, 9.17) is 4.74 Å². The molecule has 62 heavy (non-hydrogen) atoms. The predicted molar refractivity (Wildman–Crippen MR) is 263 cm³/mol. The fraction of sp³-hybridized carbons (Fsp3) is 0.340. The first-order chi connectivity index (χ1) is 29.2. The average molecular weight is 1060 g/mol. The highest BCUT2D eigenvalue weighted by Crippen LogP contribution is 2.62. The molecule has 3 heterocycles. The van der Waals surface area contributed by atoms with Gasteiger partial charge in [0.05, 0.1) is 15.9 Å². The molecule has 3 aromatic heterocycles.